The molecule has 1 amide bonds. The van der Waals surface area contributed by atoms with Gasteiger partial charge in [-0.2, -0.15) is 0 Å². The largest absolute Gasteiger partial charge is 0.352 e. The van der Waals surface area contributed by atoms with E-state index < -0.39 is 0 Å². The van der Waals surface area contributed by atoms with Crippen molar-refractivity contribution in [3.63, 3.8) is 0 Å². The first kappa shape index (κ1) is 23.7. The van der Waals surface area contributed by atoms with Gasteiger partial charge in [-0.1, -0.05) is 24.3 Å². The minimum Gasteiger partial charge on any atom is -0.352 e. The zero-order valence-electron chi connectivity index (χ0n) is 19.8. The van der Waals surface area contributed by atoms with Gasteiger partial charge in [-0.3, -0.25) is 9.78 Å². The van der Waals surface area contributed by atoms with Gasteiger partial charge in [-0.05, 0) is 79.8 Å². The Kier molecular flexibility index (Phi) is 6.77. The summed E-state index contributed by atoms with van der Waals surface area (Å²) in [5.74, 6) is -0.513. The van der Waals surface area contributed by atoms with Gasteiger partial charge >= 0.3 is 0 Å². The maximum atomic E-state index is 13.2. The molecule has 0 unspecified atom stereocenters. The molecule has 1 saturated heterocycles. The lowest BCUT2D eigenvalue weighted by molar-refractivity contribution is -0.116. The molecule has 1 aliphatic rings. The number of hydrogen-bond acceptors (Lipinski definition) is 3. The van der Waals surface area contributed by atoms with Crippen LogP contribution in [0.2, 0.25) is 0 Å². The van der Waals surface area contributed by atoms with E-state index in [1.54, 1.807) is 18.3 Å². The van der Waals surface area contributed by atoms with Crippen LogP contribution in [-0.4, -0.2) is 32.0 Å². The molecule has 2 aromatic heterocycles. The van der Waals surface area contributed by atoms with E-state index in [1.165, 1.54) is 12.1 Å². The molecule has 0 bridgehead atoms. The number of pyridine rings is 1. The molecule has 1 fully saturated rings. The summed E-state index contributed by atoms with van der Waals surface area (Å²) in [5, 5.41) is 6.85. The Morgan fingerprint density at radius 1 is 1.03 bits per heavy atom. The summed E-state index contributed by atoms with van der Waals surface area (Å²) in [6.07, 6.45) is 1.99. The van der Waals surface area contributed by atoms with E-state index in [9.17, 15) is 9.18 Å². The molecular weight excluding hydrogens is 473 g/mol. The smallest absolute Gasteiger partial charge is 0.226 e. The lowest BCUT2D eigenvalue weighted by Gasteiger charge is -2.29. The molecule has 8 heteroatoms. The molecule has 0 saturated carbocycles. The number of halogens is 1. The number of benzene rings is 2. The Morgan fingerprint density at radius 2 is 1.78 bits per heavy atom. The standard InChI is InChI=1S/C28H26FN5OS/c1-19-10-15-24(34(19)22-7-3-2-4-8-22)27-26(23-9-5-6-17-30-23)32-28(36)33(27)18-16-25(35)31-21-13-11-20(29)12-14-21/h2-15,17,26-27H,16,18H2,1H3,(H,31,35)(H,32,36)/t26-,27+/m1/s1. The summed E-state index contributed by atoms with van der Waals surface area (Å²) in [5.41, 5.74) is 4.65. The molecule has 6 nitrogen and oxygen atoms in total. The van der Waals surface area contributed by atoms with E-state index in [-0.39, 0.29) is 30.2 Å². The van der Waals surface area contributed by atoms with Crippen LogP contribution in [0.5, 0.6) is 0 Å². The Hall–Kier alpha value is -4.04. The van der Waals surface area contributed by atoms with Crippen LogP contribution in [0.4, 0.5) is 10.1 Å². The highest BCUT2D eigenvalue weighted by molar-refractivity contribution is 7.80. The number of hydrogen-bond donors (Lipinski definition) is 2. The summed E-state index contributed by atoms with van der Waals surface area (Å²) >= 11 is 5.76. The van der Waals surface area contributed by atoms with Crippen LogP contribution in [0.1, 0.15) is 35.6 Å². The van der Waals surface area contributed by atoms with Crippen molar-refractivity contribution in [2.45, 2.75) is 25.4 Å². The van der Waals surface area contributed by atoms with Crippen LogP contribution in [0.3, 0.4) is 0 Å². The molecule has 0 radical (unpaired) electrons. The number of anilines is 1. The van der Waals surface area contributed by atoms with E-state index in [0.717, 1.165) is 22.8 Å². The minimum atomic E-state index is -0.346. The third kappa shape index (κ3) is 4.85. The molecule has 0 aliphatic carbocycles. The Balaban J connectivity index is 1.45. The molecule has 182 valence electrons. The Labute approximate surface area is 214 Å². The number of nitrogens with zero attached hydrogens (tertiary/aromatic N) is 3. The van der Waals surface area contributed by atoms with Crippen LogP contribution < -0.4 is 10.6 Å². The van der Waals surface area contributed by atoms with Crippen molar-refractivity contribution < 1.29 is 9.18 Å². The molecule has 2 aromatic carbocycles. The van der Waals surface area contributed by atoms with Crippen LogP contribution >= 0.6 is 12.2 Å². The lowest BCUT2D eigenvalue weighted by Crippen LogP contribution is -2.33. The average Bonchev–Trinajstić information content (AvgIpc) is 3.44. The zero-order chi connectivity index (χ0) is 25.1. The van der Waals surface area contributed by atoms with Crippen molar-refractivity contribution in [2.24, 2.45) is 0 Å². The number of amides is 1. The van der Waals surface area contributed by atoms with Gasteiger partial charge in [0, 0.05) is 41.9 Å². The number of aromatic nitrogens is 2. The fourth-order valence-corrected chi connectivity index (χ4v) is 5.00. The van der Waals surface area contributed by atoms with Gasteiger partial charge < -0.3 is 20.1 Å². The number of nitrogens with one attached hydrogen (secondary N) is 2. The Bertz CT molecular complexity index is 1360. The van der Waals surface area contributed by atoms with Crippen LogP contribution in [0.25, 0.3) is 5.69 Å². The summed E-state index contributed by atoms with van der Waals surface area (Å²) < 4.78 is 15.4. The number of rotatable bonds is 7. The maximum absolute atomic E-state index is 13.2. The van der Waals surface area contributed by atoms with Gasteiger partial charge in [-0.15, -0.1) is 0 Å². The summed E-state index contributed by atoms with van der Waals surface area (Å²) in [7, 11) is 0. The second-order valence-corrected chi connectivity index (χ2v) is 9.08. The fourth-order valence-electron chi connectivity index (χ4n) is 4.67. The molecule has 2 atom stereocenters. The first-order valence-electron chi connectivity index (χ1n) is 11.8. The van der Waals surface area contributed by atoms with Gasteiger partial charge in [-0.25, -0.2) is 4.39 Å². The van der Waals surface area contributed by atoms with Crippen molar-refractivity contribution in [3.05, 3.63) is 114 Å². The quantitative estimate of drug-likeness (QED) is 0.337. The predicted molar refractivity (Wildman–Crippen MR) is 142 cm³/mol. The molecule has 3 heterocycles. The SMILES string of the molecule is Cc1ccc([C@H]2[C@@H](c3ccccn3)NC(=S)N2CCC(=O)Nc2ccc(F)cc2)n1-c1ccccc1. The first-order valence-corrected chi connectivity index (χ1v) is 12.2. The first-order chi connectivity index (χ1) is 17.5. The zero-order valence-corrected chi connectivity index (χ0v) is 20.6. The lowest BCUT2D eigenvalue weighted by atomic mass is 10.0. The Morgan fingerprint density at radius 3 is 2.50 bits per heavy atom. The summed E-state index contributed by atoms with van der Waals surface area (Å²) in [6, 6.07) is 25.6. The van der Waals surface area contributed by atoms with Gasteiger partial charge in [0.25, 0.3) is 0 Å². The number of carbonyl (C=O) groups is 1. The molecule has 1 aliphatic heterocycles. The second kappa shape index (κ2) is 10.3. The van der Waals surface area contributed by atoms with E-state index in [4.69, 9.17) is 12.2 Å². The normalized spacial score (nSPS) is 17.2. The highest BCUT2D eigenvalue weighted by atomic mass is 32.1. The van der Waals surface area contributed by atoms with Crippen molar-refractivity contribution in [1.82, 2.24) is 19.8 Å². The van der Waals surface area contributed by atoms with Crippen molar-refractivity contribution >= 4 is 28.9 Å². The van der Waals surface area contributed by atoms with E-state index in [1.807, 2.05) is 36.4 Å². The summed E-state index contributed by atoms with van der Waals surface area (Å²) in [4.78, 5) is 19.4. The fraction of sp³-hybridized carbons (Fsp3) is 0.179. The van der Waals surface area contributed by atoms with Crippen LogP contribution in [0.15, 0.2) is 91.1 Å². The number of carbonyl (C=O) groups excluding carboxylic acids is 1. The highest BCUT2D eigenvalue weighted by Crippen LogP contribution is 2.40. The van der Waals surface area contributed by atoms with Crippen LogP contribution in [0, 0.1) is 12.7 Å². The molecule has 4 aromatic rings. The molecule has 5 rings (SSSR count). The van der Waals surface area contributed by atoms with Crippen molar-refractivity contribution in [3.8, 4) is 5.69 Å². The summed E-state index contributed by atoms with van der Waals surface area (Å²) in [6.45, 7) is 2.49. The molecule has 0 spiro atoms. The second-order valence-electron chi connectivity index (χ2n) is 8.70. The molecular formula is C28H26FN5OS. The third-order valence-electron chi connectivity index (χ3n) is 6.33. The topological polar surface area (TPSA) is 62.2 Å². The van der Waals surface area contributed by atoms with E-state index in [0.29, 0.717) is 17.3 Å². The monoisotopic (exact) mass is 499 g/mol. The van der Waals surface area contributed by atoms with Gasteiger partial charge in [0.2, 0.25) is 5.91 Å². The van der Waals surface area contributed by atoms with Crippen molar-refractivity contribution in [1.29, 1.82) is 0 Å². The van der Waals surface area contributed by atoms with Gasteiger partial charge in [0.15, 0.2) is 5.11 Å². The third-order valence-corrected chi connectivity index (χ3v) is 6.68. The number of thiocarbonyl (C=S) groups is 1. The van der Waals surface area contributed by atoms with E-state index in [2.05, 4.69) is 56.3 Å². The number of para-hydroxylation sites is 1. The van der Waals surface area contributed by atoms with Crippen molar-refractivity contribution in [2.75, 3.05) is 11.9 Å². The molecule has 2 N–H and O–H groups in total. The van der Waals surface area contributed by atoms with Crippen LogP contribution in [-0.2, 0) is 4.79 Å². The van der Waals surface area contributed by atoms with Gasteiger partial charge in [0.1, 0.15) is 5.82 Å². The number of aryl methyl sites for hydroxylation is 1. The maximum Gasteiger partial charge on any atom is 0.226 e. The van der Waals surface area contributed by atoms with E-state index >= 15 is 0 Å². The highest BCUT2D eigenvalue weighted by Gasteiger charge is 2.41. The molecule has 36 heavy (non-hydrogen) atoms. The average molecular weight is 500 g/mol. The predicted octanol–water partition coefficient (Wildman–Crippen LogP) is 5.32. The van der Waals surface area contributed by atoms with Gasteiger partial charge in [0.05, 0.1) is 17.8 Å². The minimum absolute atomic E-state index is 0.168.